The molecule has 1 fully saturated rings. The summed E-state index contributed by atoms with van der Waals surface area (Å²) in [6.07, 6.45) is 0. The minimum absolute atomic E-state index is 0.0251. The maximum atomic E-state index is 13.9. The Balaban J connectivity index is 1.45. The van der Waals surface area contributed by atoms with Gasteiger partial charge in [0, 0.05) is 26.2 Å². The van der Waals surface area contributed by atoms with Crippen LogP contribution < -0.4 is 4.90 Å². The molecule has 2 aromatic carbocycles. The van der Waals surface area contributed by atoms with Gasteiger partial charge in [0.05, 0.1) is 22.3 Å². The number of piperazine rings is 1. The average Bonchev–Trinajstić information content (AvgIpc) is 3.17. The van der Waals surface area contributed by atoms with E-state index in [1.807, 2.05) is 4.90 Å². The summed E-state index contributed by atoms with van der Waals surface area (Å²) in [5.41, 5.74) is 1.28. The predicted molar refractivity (Wildman–Crippen MR) is 105 cm³/mol. The van der Waals surface area contributed by atoms with Crippen LogP contribution in [-0.4, -0.2) is 59.9 Å². The quantitative estimate of drug-likeness (QED) is 0.642. The number of para-hydroxylation sites is 1. The molecule has 0 atom stereocenters. The van der Waals surface area contributed by atoms with E-state index in [0.717, 1.165) is 11.7 Å². The molecule has 0 aliphatic carbocycles. The minimum Gasteiger partial charge on any atom is -0.366 e. The van der Waals surface area contributed by atoms with E-state index in [9.17, 15) is 17.6 Å². The van der Waals surface area contributed by atoms with Gasteiger partial charge >= 0.3 is 0 Å². The van der Waals surface area contributed by atoms with Crippen LogP contribution in [0.25, 0.3) is 11.0 Å². The first-order chi connectivity index (χ1) is 13.5. The van der Waals surface area contributed by atoms with Crippen LogP contribution in [0.1, 0.15) is 0 Å². The molecule has 10 heteroatoms. The largest absolute Gasteiger partial charge is 0.366 e. The maximum Gasteiger partial charge on any atom is 0.238 e. The molecular formula is C18H17FN4O3S2. The Hall–Kier alpha value is -2.59. The molecule has 28 heavy (non-hydrogen) atoms. The minimum atomic E-state index is -3.84. The van der Waals surface area contributed by atoms with Crippen molar-refractivity contribution in [2.45, 2.75) is 4.90 Å². The highest BCUT2D eigenvalue weighted by Gasteiger charge is 2.28. The first-order valence-electron chi connectivity index (χ1n) is 8.67. The highest BCUT2D eigenvalue weighted by atomic mass is 32.2. The predicted octanol–water partition coefficient (Wildman–Crippen LogP) is 1.95. The standard InChI is InChI=1S/C18H17FN4O3S2/c19-13-4-1-2-6-15(13)22-8-10-23(11-9-22)17(24)12-28(25,26)16-7-3-5-14-18(16)21-27-20-14/h1-7H,8-12H2. The van der Waals surface area contributed by atoms with Crippen molar-refractivity contribution in [2.75, 3.05) is 36.8 Å². The van der Waals surface area contributed by atoms with Crippen molar-refractivity contribution < 1.29 is 17.6 Å². The van der Waals surface area contributed by atoms with Gasteiger partial charge < -0.3 is 9.80 Å². The van der Waals surface area contributed by atoms with Gasteiger partial charge in [0.15, 0.2) is 9.84 Å². The molecule has 0 radical (unpaired) electrons. The van der Waals surface area contributed by atoms with Crippen LogP contribution in [0.3, 0.4) is 0 Å². The van der Waals surface area contributed by atoms with Crippen molar-refractivity contribution in [2.24, 2.45) is 0 Å². The third-order valence-corrected chi connectivity index (χ3v) is 6.89. The highest BCUT2D eigenvalue weighted by molar-refractivity contribution is 7.92. The second kappa shape index (κ2) is 7.44. The molecule has 0 N–H and O–H groups in total. The number of carbonyl (C=O) groups excluding carboxylic acids is 1. The Morgan fingerprint density at radius 1 is 1.04 bits per heavy atom. The Labute approximate surface area is 165 Å². The zero-order valence-electron chi connectivity index (χ0n) is 14.8. The van der Waals surface area contributed by atoms with Gasteiger partial charge in [-0.15, -0.1) is 0 Å². The zero-order chi connectivity index (χ0) is 19.7. The lowest BCUT2D eigenvalue weighted by atomic mass is 10.2. The molecule has 146 valence electrons. The second-order valence-electron chi connectivity index (χ2n) is 6.47. The number of halogens is 1. The van der Waals surface area contributed by atoms with Crippen molar-refractivity contribution in [3.63, 3.8) is 0 Å². The number of aromatic nitrogens is 2. The number of rotatable bonds is 4. The van der Waals surface area contributed by atoms with E-state index < -0.39 is 21.5 Å². The highest BCUT2D eigenvalue weighted by Crippen LogP contribution is 2.23. The van der Waals surface area contributed by atoms with Gasteiger partial charge in [-0.05, 0) is 24.3 Å². The third kappa shape index (κ3) is 3.57. The number of amides is 1. The summed E-state index contributed by atoms with van der Waals surface area (Å²) < 4.78 is 47.5. The molecule has 7 nitrogen and oxygen atoms in total. The molecule has 4 rings (SSSR count). The smallest absolute Gasteiger partial charge is 0.238 e. The summed E-state index contributed by atoms with van der Waals surface area (Å²) in [5, 5.41) is 0. The topological polar surface area (TPSA) is 83.5 Å². The fourth-order valence-corrected chi connectivity index (χ4v) is 5.27. The van der Waals surface area contributed by atoms with E-state index in [-0.39, 0.29) is 10.7 Å². The number of nitrogens with zero attached hydrogens (tertiary/aromatic N) is 4. The Bertz CT molecular complexity index is 1120. The molecule has 2 heterocycles. The summed E-state index contributed by atoms with van der Waals surface area (Å²) in [7, 11) is -3.84. The first kappa shape index (κ1) is 18.8. The van der Waals surface area contributed by atoms with E-state index in [2.05, 4.69) is 8.75 Å². The molecular weight excluding hydrogens is 403 g/mol. The summed E-state index contributed by atoms with van der Waals surface area (Å²) in [6, 6.07) is 11.2. The molecule has 1 aliphatic rings. The SMILES string of the molecule is O=C(CS(=O)(=O)c1cccc2nsnc12)N1CCN(c2ccccc2F)CC1. The lowest BCUT2D eigenvalue weighted by Crippen LogP contribution is -2.50. The molecule has 3 aromatic rings. The van der Waals surface area contributed by atoms with Crippen LogP contribution in [-0.2, 0) is 14.6 Å². The third-order valence-electron chi connectivity index (χ3n) is 4.72. The molecule has 0 unspecified atom stereocenters. The normalized spacial score (nSPS) is 15.2. The summed E-state index contributed by atoms with van der Waals surface area (Å²) >= 11 is 0.933. The van der Waals surface area contributed by atoms with E-state index in [1.165, 1.54) is 17.0 Å². The summed E-state index contributed by atoms with van der Waals surface area (Å²) in [6.45, 7) is 1.56. The Kier molecular flexibility index (Phi) is 4.98. The number of benzene rings is 2. The molecule has 0 bridgehead atoms. The van der Waals surface area contributed by atoms with Crippen LogP contribution in [0.2, 0.25) is 0 Å². The van der Waals surface area contributed by atoms with Gasteiger partial charge in [0.1, 0.15) is 22.6 Å². The number of hydrogen-bond acceptors (Lipinski definition) is 7. The van der Waals surface area contributed by atoms with Crippen molar-refractivity contribution in [3.8, 4) is 0 Å². The lowest BCUT2D eigenvalue weighted by Gasteiger charge is -2.36. The van der Waals surface area contributed by atoms with Crippen LogP contribution in [0.4, 0.5) is 10.1 Å². The van der Waals surface area contributed by atoms with Gasteiger partial charge in [0.25, 0.3) is 0 Å². The maximum absolute atomic E-state index is 13.9. The van der Waals surface area contributed by atoms with Crippen LogP contribution >= 0.6 is 11.7 Å². The lowest BCUT2D eigenvalue weighted by molar-refractivity contribution is -0.128. The first-order valence-corrected chi connectivity index (χ1v) is 11.1. The van der Waals surface area contributed by atoms with Gasteiger partial charge in [-0.2, -0.15) is 8.75 Å². The van der Waals surface area contributed by atoms with E-state index in [0.29, 0.717) is 42.9 Å². The average molecular weight is 420 g/mol. The van der Waals surface area contributed by atoms with Crippen molar-refractivity contribution >= 4 is 44.2 Å². The van der Waals surface area contributed by atoms with Gasteiger partial charge in [-0.3, -0.25) is 4.79 Å². The molecule has 1 saturated heterocycles. The van der Waals surface area contributed by atoms with Crippen molar-refractivity contribution in [1.29, 1.82) is 0 Å². The number of sulfone groups is 1. The molecule has 1 amide bonds. The van der Waals surface area contributed by atoms with E-state index >= 15 is 0 Å². The van der Waals surface area contributed by atoms with Crippen molar-refractivity contribution in [3.05, 3.63) is 48.3 Å². The van der Waals surface area contributed by atoms with E-state index in [1.54, 1.807) is 30.3 Å². The van der Waals surface area contributed by atoms with Gasteiger partial charge in [-0.1, -0.05) is 18.2 Å². The Morgan fingerprint density at radius 2 is 1.79 bits per heavy atom. The summed E-state index contributed by atoms with van der Waals surface area (Å²) in [4.78, 5) is 16.0. The summed E-state index contributed by atoms with van der Waals surface area (Å²) in [5.74, 6) is -1.40. The van der Waals surface area contributed by atoms with Gasteiger partial charge in [-0.25, -0.2) is 12.8 Å². The van der Waals surface area contributed by atoms with E-state index in [4.69, 9.17) is 0 Å². The fourth-order valence-electron chi connectivity index (χ4n) is 3.27. The molecule has 1 aliphatic heterocycles. The van der Waals surface area contributed by atoms with Crippen molar-refractivity contribution in [1.82, 2.24) is 13.6 Å². The number of carbonyl (C=O) groups is 1. The molecule has 0 spiro atoms. The Morgan fingerprint density at radius 3 is 2.54 bits per heavy atom. The van der Waals surface area contributed by atoms with Crippen LogP contribution in [0.5, 0.6) is 0 Å². The number of fused-ring (bicyclic) bond motifs is 1. The van der Waals surface area contributed by atoms with Gasteiger partial charge in [0.2, 0.25) is 5.91 Å². The zero-order valence-corrected chi connectivity index (χ0v) is 16.4. The van der Waals surface area contributed by atoms with Crippen LogP contribution in [0.15, 0.2) is 47.4 Å². The number of anilines is 1. The monoisotopic (exact) mass is 420 g/mol. The molecule has 1 aromatic heterocycles. The number of hydrogen-bond donors (Lipinski definition) is 0. The second-order valence-corrected chi connectivity index (χ2v) is 8.95. The fraction of sp³-hybridized carbons (Fsp3) is 0.278. The van der Waals surface area contributed by atoms with Crippen LogP contribution in [0, 0.1) is 5.82 Å². The molecule has 0 saturated carbocycles.